The lowest BCUT2D eigenvalue weighted by Crippen LogP contribution is -2.29. The Morgan fingerprint density at radius 3 is 1.58 bits per heavy atom. The van der Waals surface area contributed by atoms with Gasteiger partial charge in [-0.1, -0.05) is 109 Å². The zero-order valence-electron chi connectivity index (χ0n) is 34.1. The topological polar surface area (TPSA) is 119 Å². The van der Waals surface area contributed by atoms with Crippen LogP contribution in [0.3, 0.4) is 0 Å². The zero-order chi connectivity index (χ0) is 44.1. The molecular weight excluding hydrogens is 954 g/mol. The molecule has 0 aliphatic heterocycles. The summed E-state index contributed by atoms with van der Waals surface area (Å²) in [6.45, 7) is 0. The van der Waals surface area contributed by atoms with Gasteiger partial charge < -0.3 is 28.4 Å². The van der Waals surface area contributed by atoms with Gasteiger partial charge in [-0.3, -0.25) is 0 Å². The molecule has 4 heterocycles. The molecule has 312 valence electrons. The molecule has 0 saturated carbocycles. The summed E-state index contributed by atoms with van der Waals surface area (Å²) in [7, 11) is 1.38. The first kappa shape index (κ1) is 41.5. The average Bonchev–Trinajstić information content (AvgIpc) is 4.12. The second-order valence-electron chi connectivity index (χ2n) is 14.8. The SMILES string of the molecule is COC(=O)c1ccc2c(oc3ccccc32)c1-c1cccc2c1sc1ccccc12.COC(=O)c1ccc2c(oc3ccccc32)c1I.OB(O)c1cccc2c1sc1ccccc12. The Morgan fingerprint density at radius 1 is 0.500 bits per heavy atom. The standard InChI is InChI=1S/C26H16O3S.C14H9IO3.C12H9BO2S/c1-28-26(27)20-14-13-17-15-7-2-4-11-21(15)29-24(17)23(20)19-10-6-9-18-16-8-3-5-12-22(16)30-25(18)19;1-17-14(16)10-7-6-9-8-4-2-3-5-11(8)18-13(9)12(10)15;14-13(15)10-6-3-5-9-8-4-1-2-7-11(8)16-12(9)10/h2-14H,1H3;2-7H,1H3;1-7,14-15H. The summed E-state index contributed by atoms with van der Waals surface area (Å²) in [6, 6.07) is 51.6. The van der Waals surface area contributed by atoms with Gasteiger partial charge in [0.2, 0.25) is 0 Å². The highest BCUT2D eigenvalue weighted by Gasteiger charge is 2.24. The fourth-order valence-corrected chi connectivity index (χ4v) is 11.5. The van der Waals surface area contributed by atoms with E-state index in [4.69, 9.17) is 18.3 Å². The van der Waals surface area contributed by atoms with Crippen molar-refractivity contribution in [2.75, 3.05) is 14.2 Å². The summed E-state index contributed by atoms with van der Waals surface area (Å²) < 4.78 is 27.2. The molecule has 2 N–H and O–H groups in total. The highest BCUT2D eigenvalue weighted by atomic mass is 127. The molecule has 0 spiro atoms. The largest absolute Gasteiger partial charge is 0.489 e. The van der Waals surface area contributed by atoms with Crippen molar-refractivity contribution >= 4 is 154 Å². The van der Waals surface area contributed by atoms with Gasteiger partial charge in [-0.2, -0.15) is 0 Å². The fourth-order valence-electron chi connectivity index (χ4n) is 8.28. The van der Waals surface area contributed by atoms with Crippen molar-refractivity contribution in [1.82, 2.24) is 0 Å². The molecule has 0 amide bonds. The summed E-state index contributed by atoms with van der Waals surface area (Å²) in [6.07, 6.45) is 0. The van der Waals surface area contributed by atoms with E-state index in [0.717, 1.165) is 67.8 Å². The van der Waals surface area contributed by atoms with Gasteiger partial charge in [0.05, 0.1) is 28.9 Å². The Kier molecular flexibility index (Phi) is 11.1. The van der Waals surface area contributed by atoms with Crippen molar-refractivity contribution in [3.05, 3.63) is 172 Å². The van der Waals surface area contributed by atoms with E-state index < -0.39 is 7.12 Å². The molecule has 12 rings (SSSR count). The Labute approximate surface area is 387 Å². The van der Waals surface area contributed by atoms with Crippen molar-refractivity contribution in [2.45, 2.75) is 0 Å². The van der Waals surface area contributed by atoms with Crippen LogP contribution < -0.4 is 5.46 Å². The molecule has 4 aromatic heterocycles. The van der Waals surface area contributed by atoms with Crippen molar-refractivity contribution in [2.24, 2.45) is 0 Å². The molecule has 8 nitrogen and oxygen atoms in total. The molecule has 0 aliphatic carbocycles. The van der Waals surface area contributed by atoms with Crippen LogP contribution in [-0.2, 0) is 9.47 Å². The first-order valence-electron chi connectivity index (χ1n) is 20.1. The van der Waals surface area contributed by atoms with Gasteiger partial charge in [0.25, 0.3) is 0 Å². The Balaban J connectivity index is 0.000000122. The summed E-state index contributed by atoms with van der Waals surface area (Å²) in [4.78, 5) is 24.3. The summed E-state index contributed by atoms with van der Waals surface area (Å²) in [5.74, 6) is -0.716. The average molecular weight is 989 g/mol. The number of methoxy groups -OCH3 is 2. The summed E-state index contributed by atoms with van der Waals surface area (Å²) in [5, 5.41) is 27.4. The van der Waals surface area contributed by atoms with E-state index in [9.17, 15) is 19.6 Å². The van der Waals surface area contributed by atoms with Crippen LogP contribution in [0.5, 0.6) is 0 Å². The number of hydrogen-bond donors (Lipinski definition) is 2. The van der Waals surface area contributed by atoms with Crippen LogP contribution >= 0.6 is 45.3 Å². The van der Waals surface area contributed by atoms with Crippen LogP contribution in [0.15, 0.2) is 167 Å². The highest BCUT2D eigenvalue weighted by molar-refractivity contribution is 14.1. The number of rotatable bonds is 4. The fraction of sp³-hybridized carbons (Fsp3) is 0.0385. The molecule has 0 atom stereocenters. The third-order valence-electron chi connectivity index (χ3n) is 11.2. The van der Waals surface area contributed by atoms with Crippen molar-refractivity contribution in [3.8, 4) is 11.1 Å². The summed E-state index contributed by atoms with van der Waals surface area (Å²) in [5.41, 5.74) is 6.47. The van der Waals surface area contributed by atoms with Crippen molar-refractivity contribution < 1.29 is 37.9 Å². The maximum absolute atomic E-state index is 12.7. The molecule has 0 unspecified atom stereocenters. The minimum absolute atomic E-state index is 0.346. The number of para-hydroxylation sites is 2. The Hall–Kier alpha value is -6.55. The van der Waals surface area contributed by atoms with Gasteiger partial charge in [-0.05, 0) is 82.0 Å². The second-order valence-corrected chi connectivity index (χ2v) is 18.0. The van der Waals surface area contributed by atoms with Crippen LogP contribution in [-0.4, -0.2) is 43.3 Å². The van der Waals surface area contributed by atoms with Gasteiger partial charge in [0.1, 0.15) is 22.3 Å². The van der Waals surface area contributed by atoms with E-state index in [1.807, 2.05) is 103 Å². The molecule has 0 aliphatic rings. The van der Waals surface area contributed by atoms with Crippen LogP contribution in [0, 0.1) is 3.57 Å². The first-order valence-corrected chi connectivity index (χ1v) is 22.8. The van der Waals surface area contributed by atoms with Gasteiger partial charge in [0.15, 0.2) is 0 Å². The summed E-state index contributed by atoms with van der Waals surface area (Å²) >= 11 is 5.45. The maximum Gasteiger partial charge on any atom is 0.489 e. The van der Waals surface area contributed by atoms with Crippen LogP contribution in [0.2, 0.25) is 0 Å². The Bertz CT molecular complexity index is 3770. The number of hydrogen-bond acceptors (Lipinski definition) is 10. The quantitative estimate of drug-likeness (QED) is 0.102. The lowest BCUT2D eigenvalue weighted by atomic mass is 9.80. The number of benzene rings is 8. The van der Waals surface area contributed by atoms with E-state index in [1.165, 1.54) is 39.8 Å². The van der Waals surface area contributed by atoms with Crippen molar-refractivity contribution in [3.63, 3.8) is 0 Å². The van der Waals surface area contributed by atoms with Gasteiger partial charge in [-0.25, -0.2) is 9.59 Å². The van der Waals surface area contributed by atoms with Crippen LogP contribution in [0.25, 0.3) is 95.3 Å². The van der Waals surface area contributed by atoms with Crippen LogP contribution in [0.4, 0.5) is 0 Å². The number of esters is 2. The molecule has 12 aromatic rings. The van der Waals surface area contributed by atoms with Gasteiger partial charge >= 0.3 is 19.1 Å². The molecular formula is C52H34BIO8S2. The third kappa shape index (κ3) is 7.17. The maximum atomic E-state index is 12.7. The number of carbonyl (C=O) groups excluding carboxylic acids is 2. The number of furan rings is 2. The lowest BCUT2D eigenvalue weighted by molar-refractivity contribution is 0.0591. The van der Waals surface area contributed by atoms with Gasteiger partial charge in [-0.15, -0.1) is 22.7 Å². The molecule has 12 heteroatoms. The zero-order valence-corrected chi connectivity index (χ0v) is 37.9. The third-order valence-corrected chi connectivity index (χ3v) is 14.8. The number of ether oxygens (including phenoxy) is 2. The molecule has 0 fully saturated rings. The van der Waals surface area contributed by atoms with E-state index in [2.05, 4.69) is 65.1 Å². The van der Waals surface area contributed by atoms with E-state index >= 15 is 0 Å². The van der Waals surface area contributed by atoms with Crippen LogP contribution in [0.1, 0.15) is 20.7 Å². The predicted octanol–water partition coefficient (Wildman–Crippen LogP) is 13.1. The normalized spacial score (nSPS) is 11.3. The Morgan fingerprint density at radius 2 is 0.969 bits per heavy atom. The first-order chi connectivity index (χ1) is 31.2. The van der Waals surface area contributed by atoms with E-state index in [1.54, 1.807) is 34.8 Å². The minimum Gasteiger partial charge on any atom is -0.465 e. The number of halogens is 1. The van der Waals surface area contributed by atoms with Gasteiger partial charge in [0, 0.05) is 67.6 Å². The monoisotopic (exact) mass is 988 g/mol. The number of thiophene rings is 2. The molecule has 64 heavy (non-hydrogen) atoms. The van der Waals surface area contributed by atoms with Crippen molar-refractivity contribution in [1.29, 1.82) is 0 Å². The smallest absolute Gasteiger partial charge is 0.465 e. The number of fused-ring (bicyclic) bond motifs is 12. The predicted molar refractivity (Wildman–Crippen MR) is 270 cm³/mol. The number of carbonyl (C=O) groups is 2. The molecule has 0 radical (unpaired) electrons. The molecule has 0 bridgehead atoms. The molecule has 0 saturated heterocycles. The second kappa shape index (κ2) is 17.2. The lowest BCUT2D eigenvalue weighted by Gasteiger charge is -2.10. The highest BCUT2D eigenvalue weighted by Crippen LogP contribution is 2.45. The minimum atomic E-state index is -1.41. The molecule has 8 aromatic carbocycles. The van der Waals surface area contributed by atoms with E-state index in [0.29, 0.717) is 22.2 Å². The van der Waals surface area contributed by atoms with E-state index in [-0.39, 0.29) is 11.9 Å².